The maximum atomic E-state index is 13.7. The Labute approximate surface area is 124 Å². The molecular formula is C16H21FN2S. The molecule has 1 heterocycles. The van der Waals surface area contributed by atoms with Gasteiger partial charge in [-0.1, -0.05) is 26.7 Å². The van der Waals surface area contributed by atoms with E-state index in [4.69, 9.17) is 12.2 Å². The minimum atomic E-state index is -0.175. The van der Waals surface area contributed by atoms with E-state index >= 15 is 0 Å². The third-order valence-corrected chi connectivity index (χ3v) is 5.29. The molecule has 3 unspecified atom stereocenters. The summed E-state index contributed by atoms with van der Waals surface area (Å²) in [6.07, 6.45) is 3.69. The lowest BCUT2D eigenvalue weighted by atomic mass is 9.78. The standard InChI is InChI=1S/C16H21FN2S/c1-9-5-4-6-14(11(9)3)19-15-7-10(2)12(17)8-13(15)18-16(19)20/h7-9,11,14H,4-6H2,1-3H3,(H,18,20). The second-order valence-electron chi connectivity index (χ2n) is 6.25. The first kappa shape index (κ1) is 13.8. The molecule has 0 radical (unpaired) electrons. The molecule has 1 aliphatic rings. The molecule has 1 aliphatic carbocycles. The van der Waals surface area contributed by atoms with Crippen LogP contribution in [0.25, 0.3) is 11.0 Å². The predicted molar refractivity (Wildman–Crippen MR) is 83.0 cm³/mol. The lowest BCUT2D eigenvalue weighted by Gasteiger charge is -2.35. The molecule has 0 spiro atoms. The topological polar surface area (TPSA) is 20.7 Å². The van der Waals surface area contributed by atoms with Crippen LogP contribution in [0.15, 0.2) is 12.1 Å². The van der Waals surface area contributed by atoms with Crippen LogP contribution in [0.4, 0.5) is 4.39 Å². The molecule has 1 aromatic carbocycles. The zero-order valence-corrected chi connectivity index (χ0v) is 13.1. The predicted octanol–water partition coefficient (Wildman–Crippen LogP) is 5.14. The van der Waals surface area contributed by atoms with Crippen molar-refractivity contribution in [1.29, 1.82) is 0 Å². The van der Waals surface area contributed by atoms with Crippen molar-refractivity contribution in [1.82, 2.24) is 9.55 Å². The number of H-pyrrole nitrogens is 1. The first-order chi connectivity index (χ1) is 9.49. The quantitative estimate of drug-likeness (QED) is 0.721. The third kappa shape index (κ3) is 2.10. The van der Waals surface area contributed by atoms with E-state index in [2.05, 4.69) is 23.4 Å². The summed E-state index contributed by atoms with van der Waals surface area (Å²) in [6, 6.07) is 3.90. The maximum absolute atomic E-state index is 13.7. The fourth-order valence-electron chi connectivity index (χ4n) is 3.50. The highest BCUT2D eigenvalue weighted by Crippen LogP contribution is 2.39. The van der Waals surface area contributed by atoms with E-state index in [-0.39, 0.29) is 5.82 Å². The molecule has 1 saturated carbocycles. The second-order valence-corrected chi connectivity index (χ2v) is 6.64. The highest BCUT2D eigenvalue weighted by Gasteiger charge is 2.29. The average Bonchev–Trinajstić information content (AvgIpc) is 2.69. The van der Waals surface area contributed by atoms with Crippen LogP contribution in [0, 0.1) is 29.3 Å². The molecule has 0 amide bonds. The third-order valence-electron chi connectivity index (χ3n) is 4.99. The van der Waals surface area contributed by atoms with Gasteiger partial charge in [0.1, 0.15) is 5.82 Å². The number of halogens is 1. The number of hydrogen-bond acceptors (Lipinski definition) is 1. The van der Waals surface area contributed by atoms with E-state index in [1.54, 1.807) is 6.07 Å². The van der Waals surface area contributed by atoms with Gasteiger partial charge in [-0.3, -0.25) is 0 Å². The summed E-state index contributed by atoms with van der Waals surface area (Å²) in [5.41, 5.74) is 2.53. The van der Waals surface area contributed by atoms with Gasteiger partial charge < -0.3 is 9.55 Å². The number of nitrogens with one attached hydrogen (secondary N) is 1. The van der Waals surface area contributed by atoms with Crippen LogP contribution in [0.2, 0.25) is 0 Å². The lowest BCUT2D eigenvalue weighted by Crippen LogP contribution is -2.27. The molecule has 1 N–H and O–H groups in total. The SMILES string of the molecule is Cc1cc2c(cc1F)[nH]c(=S)n2C1CCCC(C)C1C. The van der Waals surface area contributed by atoms with Gasteiger partial charge in [0.15, 0.2) is 4.77 Å². The molecule has 3 rings (SSSR count). The average molecular weight is 292 g/mol. The number of benzene rings is 1. The van der Waals surface area contributed by atoms with Gasteiger partial charge in [-0.05, 0) is 55.1 Å². The lowest BCUT2D eigenvalue weighted by molar-refractivity contribution is 0.188. The van der Waals surface area contributed by atoms with Gasteiger partial charge in [0.2, 0.25) is 0 Å². The Balaban J connectivity index is 2.18. The number of aryl methyl sites for hydroxylation is 1. The normalized spacial score (nSPS) is 27.1. The summed E-state index contributed by atoms with van der Waals surface area (Å²) < 4.78 is 16.6. The molecule has 2 nitrogen and oxygen atoms in total. The van der Waals surface area contributed by atoms with Crippen LogP contribution in [-0.4, -0.2) is 9.55 Å². The van der Waals surface area contributed by atoms with Crippen LogP contribution in [0.1, 0.15) is 44.7 Å². The molecule has 20 heavy (non-hydrogen) atoms. The van der Waals surface area contributed by atoms with Gasteiger partial charge in [0, 0.05) is 6.04 Å². The summed E-state index contributed by atoms with van der Waals surface area (Å²) in [5.74, 6) is 1.13. The second kappa shape index (κ2) is 4.99. The van der Waals surface area contributed by atoms with Crippen molar-refractivity contribution in [2.45, 2.75) is 46.1 Å². The molecule has 0 aliphatic heterocycles. The molecule has 4 heteroatoms. The zero-order chi connectivity index (χ0) is 14.4. The van der Waals surface area contributed by atoms with Crippen molar-refractivity contribution >= 4 is 23.3 Å². The Morgan fingerprint density at radius 2 is 2.05 bits per heavy atom. The molecule has 1 aromatic heterocycles. The van der Waals surface area contributed by atoms with E-state index in [0.29, 0.717) is 23.4 Å². The van der Waals surface area contributed by atoms with E-state index < -0.39 is 0 Å². The summed E-state index contributed by atoms with van der Waals surface area (Å²) in [7, 11) is 0. The number of nitrogens with zero attached hydrogens (tertiary/aromatic N) is 1. The van der Waals surface area contributed by atoms with Gasteiger partial charge in [0.25, 0.3) is 0 Å². The number of imidazole rings is 1. The van der Waals surface area contributed by atoms with Crippen LogP contribution in [0.5, 0.6) is 0 Å². The van der Waals surface area contributed by atoms with Gasteiger partial charge in [-0.15, -0.1) is 0 Å². The Morgan fingerprint density at radius 1 is 1.30 bits per heavy atom. The zero-order valence-electron chi connectivity index (χ0n) is 12.2. The minimum Gasteiger partial charge on any atom is -0.330 e. The van der Waals surface area contributed by atoms with Crippen molar-refractivity contribution in [2.75, 3.05) is 0 Å². The van der Waals surface area contributed by atoms with Gasteiger partial charge in [-0.25, -0.2) is 4.39 Å². The molecule has 108 valence electrons. The molecule has 3 atom stereocenters. The number of hydrogen-bond donors (Lipinski definition) is 1. The number of aromatic nitrogens is 2. The van der Waals surface area contributed by atoms with Crippen molar-refractivity contribution in [3.63, 3.8) is 0 Å². The molecule has 0 saturated heterocycles. The first-order valence-electron chi connectivity index (χ1n) is 7.39. The van der Waals surface area contributed by atoms with Crippen LogP contribution in [-0.2, 0) is 0 Å². The number of aromatic amines is 1. The number of rotatable bonds is 1. The monoisotopic (exact) mass is 292 g/mol. The first-order valence-corrected chi connectivity index (χ1v) is 7.80. The Hall–Kier alpha value is -1.16. The van der Waals surface area contributed by atoms with Crippen molar-refractivity contribution in [3.8, 4) is 0 Å². The Kier molecular flexibility index (Phi) is 3.44. The van der Waals surface area contributed by atoms with Gasteiger partial charge in [0.05, 0.1) is 11.0 Å². The molecule has 0 bridgehead atoms. The smallest absolute Gasteiger partial charge is 0.178 e. The van der Waals surface area contributed by atoms with E-state index in [0.717, 1.165) is 22.2 Å². The van der Waals surface area contributed by atoms with E-state index in [1.165, 1.54) is 12.8 Å². The van der Waals surface area contributed by atoms with Crippen LogP contribution < -0.4 is 0 Å². The summed E-state index contributed by atoms with van der Waals surface area (Å²) in [6.45, 7) is 6.44. The molecule has 1 fully saturated rings. The Bertz CT molecular complexity index is 700. The van der Waals surface area contributed by atoms with E-state index in [9.17, 15) is 4.39 Å². The van der Waals surface area contributed by atoms with Crippen molar-refractivity contribution in [2.24, 2.45) is 11.8 Å². The van der Waals surface area contributed by atoms with Gasteiger partial charge in [-0.2, -0.15) is 0 Å². The minimum absolute atomic E-state index is 0.175. The van der Waals surface area contributed by atoms with Crippen LogP contribution in [0.3, 0.4) is 0 Å². The van der Waals surface area contributed by atoms with Gasteiger partial charge >= 0.3 is 0 Å². The number of fused-ring (bicyclic) bond motifs is 1. The highest BCUT2D eigenvalue weighted by atomic mass is 32.1. The Morgan fingerprint density at radius 3 is 2.80 bits per heavy atom. The molecular weight excluding hydrogens is 271 g/mol. The maximum Gasteiger partial charge on any atom is 0.178 e. The summed E-state index contributed by atoms with van der Waals surface area (Å²) in [4.78, 5) is 3.17. The summed E-state index contributed by atoms with van der Waals surface area (Å²) >= 11 is 5.50. The van der Waals surface area contributed by atoms with Crippen molar-refractivity contribution < 1.29 is 4.39 Å². The highest BCUT2D eigenvalue weighted by molar-refractivity contribution is 7.71. The van der Waals surface area contributed by atoms with E-state index in [1.807, 2.05) is 13.0 Å². The largest absolute Gasteiger partial charge is 0.330 e. The fourth-order valence-corrected chi connectivity index (χ4v) is 3.84. The van der Waals surface area contributed by atoms with Crippen LogP contribution >= 0.6 is 12.2 Å². The molecule has 2 aromatic rings. The van der Waals surface area contributed by atoms with Crippen molar-refractivity contribution in [3.05, 3.63) is 28.3 Å². The summed E-state index contributed by atoms with van der Waals surface area (Å²) in [5, 5.41) is 0. The fraction of sp³-hybridized carbons (Fsp3) is 0.562.